The van der Waals surface area contributed by atoms with Crippen molar-refractivity contribution < 1.29 is 27.2 Å². The van der Waals surface area contributed by atoms with E-state index in [9.17, 15) is 4.79 Å². The van der Waals surface area contributed by atoms with Crippen molar-refractivity contribution in [2.45, 2.75) is 0 Å². The largest absolute Gasteiger partial charge is 0.369 e. The molecule has 4 heterocycles. The second kappa shape index (κ2) is 10.9. The minimum atomic E-state index is 0. The molecule has 0 unspecified atom stereocenters. The zero-order valence-electron chi connectivity index (χ0n) is 18.0. The minimum Gasteiger partial charge on any atom is -0.369 e. The number of carbonyl (C=O) groups excluding carboxylic acids is 1. The average molecular weight is 629 g/mol. The number of aromatic amines is 2. The first kappa shape index (κ1) is 23.4. The van der Waals surface area contributed by atoms with Crippen molar-refractivity contribution >= 4 is 16.8 Å². The van der Waals surface area contributed by atoms with Crippen LogP contribution in [-0.2, 0) is 22.4 Å². The molecule has 0 spiro atoms. The van der Waals surface area contributed by atoms with Crippen LogP contribution in [-0.4, -0.2) is 49.0 Å². The molecular formula is C26H20AuN6O-2. The number of amides is 1. The summed E-state index contributed by atoms with van der Waals surface area (Å²) in [6.07, 6.45) is 12.1. The van der Waals surface area contributed by atoms with Crippen molar-refractivity contribution in [2.75, 3.05) is 13.1 Å². The van der Waals surface area contributed by atoms with Gasteiger partial charge < -0.3 is 19.9 Å². The predicted molar refractivity (Wildman–Crippen MR) is 126 cm³/mol. The number of fused-ring (bicyclic) bond motifs is 1. The number of rotatable bonds is 3. The molecule has 0 saturated heterocycles. The molecule has 0 fully saturated rings. The standard InChI is InChI=1S/C17H13N4O.C9H7N2.Au/c22-17(21-8-1-2-9-21)15-10-12-4-5-13(11-14(12)20-15)16-18-6-3-7-19-16;1-2-4-8(5-3-1)9-6-10-11-7-9;/h1-6,10-11,20H,8-9H2;2-7H,(H,10,11);/q2*-1;. The Labute approximate surface area is 212 Å². The molecule has 34 heavy (non-hydrogen) atoms. The van der Waals surface area contributed by atoms with Crippen molar-refractivity contribution in [1.82, 2.24) is 30.0 Å². The van der Waals surface area contributed by atoms with E-state index in [0.717, 1.165) is 27.6 Å². The summed E-state index contributed by atoms with van der Waals surface area (Å²) in [5.74, 6) is 0.641. The molecule has 0 atom stereocenters. The Morgan fingerprint density at radius 3 is 2.50 bits per heavy atom. The molecule has 173 valence electrons. The van der Waals surface area contributed by atoms with Crippen LogP contribution in [0.25, 0.3) is 33.4 Å². The van der Waals surface area contributed by atoms with Gasteiger partial charge in [0.1, 0.15) is 5.69 Å². The third kappa shape index (κ3) is 5.23. The van der Waals surface area contributed by atoms with Crippen molar-refractivity contribution in [3.63, 3.8) is 0 Å². The van der Waals surface area contributed by atoms with Crippen molar-refractivity contribution in [1.29, 1.82) is 0 Å². The van der Waals surface area contributed by atoms with Gasteiger partial charge in [-0.3, -0.25) is 9.89 Å². The molecule has 7 nitrogen and oxygen atoms in total. The fourth-order valence-corrected chi connectivity index (χ4v) is 3.59. The zero-order valence-corrected chi connectivity index (χ0v) is 20.2. The zero-order chi connectivity index (χ0) is 22.5. The second-order valence-electron chi connectivity index (χ2n) is 7.45. The third-order valence-electron chi connectivity index (χ3n) is 5.28. The maximum absolute atomic E-state index is 12.4. The van der Waals surface area contributed by atoms with Crippen LogP contribution >= 0.6 is 0 Å². The normalized spacial score (nSPS) is 12.2. The fraction of sp³-hybridized carbons (Fsp3) is 0.0769. The van der Waals surface area contributed by atoms with Crippen molar-refractivity contribution in [2.24, 2.45) is 0 Å². The van der Waals surface area contributed by atoms with Crippen LogP contribution in [0.3, 0.4) is 0 Å². The van der Waals surface area contributed by atoms with Gasteiger partial charge in [0, 0.05) is 58.4 Å². The number of benzene rings is 2. The molecule has 8 heteroatoms. The quantitative estimate of drug-likeness (QED) is 0.177. The minimum absolute atomic E-state index is 0. The molecule has 3 aromatic heterocycles. The van der Waals surface area contributed by atoms with Gasteiger partial charge in [0.25, 0.3) is 5.91 Å². The van der Waals surface area contributed by atoms with Gasteiger partial charge in [-0.1, -0.05) is 36.7 Å². The molecule has 2 aromatic carbocycles. The molecule has 1 aliphatic heterocycles. The topological polar surface area (TPSA) is 90.6 Å². The van der Waals surface area contributed by atoms with Crippen LogP contribution in [0.2, 0.25) is 0 Å². The molecule has 5 aromatic rings. The number of hydrogen-bond donors (Lipinski definition) is 2. The monoisotopic (exact) mass is 629 g/mol. The van der Waals surface area contributed by atoms with Crippen molar-refractivity contribution in [3.8, 4) is 22.5 Å². The van der Waals surface area contributed by atoms with Crippen LogP contribution in [0.1, 0.15) is 10.5 Å². The van der Waals surface area contributed by atoms with Gasteiger partial charge in [-0.05, 0) is 23.3 Å². The Morgan fingerprint density at radius 1 is 0.971 bits per heavy atom. The van der Waals surface area contributed by atoms with Gasteiger partial charge >= 0.3 is 0 Å². The summed E-state index contributed by atoms with van der Waals surface area (Å²) in [5.41, 5.74) is 4.68. The number of aromatic nitrogens is 5. The van der Waals surface area contributed by atoms with Crippen LogP contribution in [0.4, 0.5) is 0 Å². The van der Waals surface area contributed by atoms with Gasteiger partial charge in [-0.2, -0.15) is 35.4 Å². The number of carbonyl (C=O) groups is 1. The summed E-state index contributed by atoms with van der Waals surface area (Å²) >= 11 is 0. The molecule has 0 bridgehead atoms. The smallest absolute Gasteiger partial charge is 0.270 e. The molecule has 1 radical (unpaired) electrons. The predicted octanol–water partition coefficient (Wildman–Crippen LogP) is 4.31. The van der Waals surface area contributed by atoms with E-state index in [4.69, 9.17) is 0 Å². The van der Waals surface area contributed by atoms with Crippen molar-refractivity contribution in [3.05, 3.63) is 103 Å². The average Bonchev–Trinajstić information content (AvgIpc) is 3.66. The summed E-state index contributed by atoms with van der Waals surface area (Å²) in [4.78, 5) is 25.7. The molecule has 0 aliphatic carbocycles. The van der Waals surface area contributed by atoms with Crippen LogP contribution < -0.4 is 0 Å². The van der Waals surface area contributed by atoms with Crippen LogP contribution in [0.5, 0.6) is 0 Å². The summed E-state index contributed by atoms with van der Waals surface area (Å²) in [6, 6.07) is 20.2. The maximum Gasteiger partial charge on any atom is 0.270 e. The molecule has 1 aliphatic rings. The first-order valence-electron chi connectivity index (χ1n) is 10.5. The summed E-state index contributed by atoms with van der Waals surface area (Å²) in [6.45, 7) is 1.35. The van der Waals surface area contributed by atoms with Crippen LogP contribution in [0, 0.1) is 12.3 Å². The third-order valence-corrected chi connectivity index (χ3v) is 5.28. The van der Waals surface area contributed by atoms with Gasteiger partial charge in [0.05, 0.1) is 6.20 Å². The Morgan fingerprint density at radius 2 is 1.79 bits per heavy atom. The van der Waals surface area contributed by atoms with Gasteiger partial charge in [-0.15, -0.1) is 11.6 Å². The van der Waals surface area contributed by atoms with E-state index in [1.165, 1.54) is 0 Å². The Kier molecular flexibility index (Phi) is 7.49. The molecule has 1 amide bonds. The maximum atomic E-state index is 12.4. The van der Waals surface area contributed by atoms with E-state index in [2.05, 4.69) is 37.4 Å². The number of hydrogen-bond acceptors (Lipinski definition) is 4. The molecule has 2 N–H and O–H groups in total. The summed E-state index contributed by atoms with van der Waals surface area (Å²) in [5, 5.41) is 7.63. The fourth-order valence-electron chi connectivity index (χ4n) is 3.59. The van der Waals surface area contributed by atoms with E-state index in [1.807, 2.05) is 66.9 Å². The number of nitrogens with one attached hydrogen (secondary N) is 2. The first-order chi connectivity index (χ1) is 16.3. The Balaban J connectivity index is 0.000000193. The Hall–Kier alpha value is -3.78. The Bertz CT molecular complexity index is 1370. The van der Waals surface area contributed by atoms with E-state index in [0.29, 0.717) is 24.6 Å². The summed E-state index contributed by atoms with van der Waals surface area (Å²) < 4.78 is 0. The van der Waals surface area contributed by atoms with Crippen LogP contribution in [0.15, 0.2) is 85.3 Å². The molecule has 6 rings (SSSR count). The van der Waals surface area contributed by atoms with E-state index < -0.39 is 0 Å². The number of nitrogens with zero attached hydrogens (tertiary/aromatic N) is 4. The van der Waals surface area contributed by atoms with Gasteiger partial charge in [0.15, 0.2) is 0 Å². The molecular weight excluding hydrogens is 609 g/mol. The second-order valence-corrected chi connectivity index (χ2v) is 7.45. The number of H-pyrrole nitrogens is 2. The van der Waals surface area contributed by atoms with Gasteiger partial charge in [-0.25, -0.2) is 0 Å². The summed E-state index contributed by atoms with van der Waals surface area (Å²) in [7, 11) is 0. The van der Waals surface area contributed by atoms with E-state index in [1.54, 1.807) is 23.4 Å². The van der Waals surface area contributed by atoms with E-state index >= 15 is 0 Å². The SMILES string of the molecule is O=C(c1cc2ccc(-c3n[c-]ccn3)cc2[nH]1)N1CC=CC1.[Au].[c-]1ccc(-c2cn[nH]c2)cc1. The van der Waals surface area contributed by atoms with E-state index in [-0.39, 0.29) is 28.3 Å². The van der Waals surface area contributed by atoms with Gasteiger partial charge in [0.2, 0.25) is 0 Å². The molecule has 0 saturated carbocycles. The first-order valence-corrected chi connectivity index (χ1v) is 10.5.